The highest BCUT2D eigenvalue weighted by molar-refractivity contribution is 5.90. The summed E-state index contributed by atoms with van der Waals surface area (Å²) in [4.78, 5) is 32.9. The molecule has 1 aromatic carbocycles. The van der Waals surface area contributed by atoms with Crippen LogP contribution in [-0.2, 0) is 15.8 Å². The predicted molar refractivity (Wildman–Crippen MR) is 73.2 cm³/mol. The van der Waals surface area contributed by atoms with Crippen molar-refractivity contribution < 1.29 is 32.7 Å². The van der Waals surface area contributed by atoms with E-state index in [0.717, 1.165) is 24.3 Å². The SMILES string of the molecule is O=C(O)CCCC(=O)NNC(=O)Nc1ccc(C(F)(F)F)cc1. The number of carbonyl (C=O) groups is 3. The Bertz CT molecular complexity index is 573. The van der Waals surface area contributed by atoms with Gasteiger partial charge in [0.05, 0.1) is 5.56 Å². The first-order valence-electron chi connectivity index (χ1n) is 6.43. The van der Waals surface area contributed by atoms with Gasteiger partial charge in [0, 0.05) is 18.5 Å². The minimum Gasteiger partial charge on any atom is -0.481 e. The summed E-state index contributed by atoms with van der Waals surface area (Å²) in [7, 11) is 0. The van der Waals surface area contributed by atoms with E-state index < -0.39 is 29.6 Å². The number of nitrogens with one attached hydrogen (secondary N) is 3. The Morgan fingerprint density at radius 2 is 1.61 bits per heavy atom. The number of carboxylic acids is 1. The first-order valence-corrected chi connectivity index (χ1v) is 6.43. The fraction of sp³-hybridized carbons (Fsp3) is 0.308. The third-order valence-corrected chi connectivity index (χ3v) is 2.58. The summed E-state index contributed by atoms with van der Waals surface area (Å²) in [5, 5.41) is 10.6. The van der Waals surface area contributed by atoms with Crippen molar-refractivity contribution in [2.45, 2.75) is 25.4 Å². The van der Waals surface area contributed by atoms with Crippen molar-refractivity contribution in [1.29, 1.82) is 0 Å². The number of carbonyl (C=O) groups excluding carboxylic acids is 2. The number of hydrogen-bond acceptors (Lipinski definition) is 3. The molecule has 0 saturated carbocycles. The van der Waals surface area contributed by atoms with E-state index in [1.54, 1.807) is 0 Å². The number of halogens is 3. The standard InChI is InChI=1S/C13H14F3N3O4/c14-13(15,16)8-4-6-9(7-5-8)17-12(23)19-18-10(20)2-1-3-11(21)22/h4-7H,1-3H2,(H,18,20)(H,21,22)(H2,17,19,23). The van der Waals surface area contributed by atoms with Crippen LogP contribution in [0.1, 0.15) is 24.8 Å². The number of anilines is 1. The van der Waals surface area contributed by atoms with Crippen molar-refractivity contribution in [1.82, 2.24) is 10.9 Å². The minimum atomic E-state index is -4.47. The highest BCUT2D eigenvalue weighted by atomic mass is 19.4. The summed E-state index contributed by atoms with van der Waals surface area (Å²) in [6.07, 6.45) is -4.62. The van der Waals surface area contributed by atoms with Gasteiger partial charge in [-0.1, -0.05) is 0 Å². The maximum Gasteiger partial charge on any atom is 0.416 e. The van der Waals surface area contributed by atoms with E-state index >= 15 is 0 Å². The summed E-state index contributed by atoms with van der Waals surface area (Å²) in [6, 6.07) is 2.89. The molecule has 0 heterocycles. The third-order valence-electron chi connectivity index (χ3n) is 2.58. The number of aliphatic carboxylic acids is 1. The highest BCUT2D eigenvalue weighted by Gasteiger charge is 2.29. The predicted octanol–water partition coefficient (Wildman–Crippen LogP) is 2.11. The van der Waals surface area contributed by atoms with Crippen LogP contribution in [0.2, 0.25) is 0 Å². The lowest BCUT2D eigenvalue weighted by Gasteiger charge is -2.10. The smallest absolute Gasteiger partial charge is 0.416 e. The van der Waals surface area contributed by atoms with Gasteiger partial charge >= 0.3 is 18.2 Å². The summed E-state index contributed by atoms with van der Waals surface area (Å²) in [6.45, 7) is 0. The zero-order chi connectivity index (χ0) is 17.5. The molecule has 4 N–H and O–H groups in total. The molecule has 7 nitrogen and oxygen atoms in total. The fourth-order valence-electron chi connectivity index (χ4n) is 1.49. The first-order chi connectivity index (χ1) is 10.7. The average molecular weight is 333 g/mol. The number of hydrazine groups is 1. The number of urea groups is 1. The zero-order valence-corrected chi connectivity index (χ0v) is 11.7. The van der Waals surface area contributed by atoms with Crippen molar-refractivity contribution in [2.24, 2.45) is 0 Å². The van der Waals surface area contributed by atoms with Crippen LogP contribution in [0.5, 0.6) is 0 Å². The molecule has 0 spiro atoms. The molecule has 0 fully saturated rings. The van der Waals surface area contributed by atoms with Crippen molar-refractivity contribution in [3.8, 4) is 0 Å². The Morgan fingerprint density at radius 3 is 2.13 bits per heavy atom. The monoisotopic (exact) mass is 333 g/mol. The molecule has 0 aliphatic rings. The maximum atomic E-state index is 12.4. The molecule has 10 heteroatoms. The van der Waals surface area contributed by atoms with E-state index in [-0.39, 0.29) is 24.9 Å². The number of rotatable bonds is 5. The van der Waals surface area contributed by atoms with Crippen LogP contribution in [0.15, 0.2) is 24.3 Å². The van der Waals surface area contributed by atoms with Crippen LogP contribution in [-0.4, -0.2) is 23.0 Å². The van der Waals surface area contributed by atoms with Gasteiger partial charge < -0.3 is 10.4 Å². The third kappa shape index (κ3) is 7.16. The molecule has 3 amide bonds. The molecular weight excluding hydrogens is 319 g/mol. The van der Waals surface area contributed by atoms with E-state index in [1.807, 2.05) is 10.9 Å². The second-order valence-corrected chi connectivity index (χ2v) is 4.45. The van der Waals surface area contributed by atoms with Gasteiger partial charge in [-0.25, -0.2) is 10.2 Å². The first kappa shape index (κ1) is 18.3. The molecule has 0 atom stereocenters. The topological polar surface area (TPSA) is 108 Å². The molecule has 0 saturated heterocycles. The Labute approximate surface area is 128 Å². The van der Waals surface area contributed by atoms with Gasteiger partial charge in [0.25, 0.3) is 0 Å². The van der Waals surface area contributed by atoms with Crippen LogP contribution in [0.25, 0.3) is 0 Å². The molecule has 23 heavy (non-hydrogen) atoms. The van der Waals surface area contributed by atoms with E-state index in [1.165, 1.54) is 0 Å². The van der Waals surface area contributed by atoms with Gasteiger partial charge in [-0.3, -0.25) is 15.0 Å². The van der Waals surface area contributed by atoms with Gasteiger partial charge in [-0.05, 0) is 30.7 Å². The number of carboxylic acid groups (broad SMARTS) is 1. The van der Waals surface area contributed by atoms with Gasteiger partial charge in [0.15, 0.2) is 0 Å². The van der Waals surface area contributed by atoms with Gasteiger partial charge in [0.1, 0.15) is 0 Å². The zero-order valence-electron chi connectivity index (χ0n) is 11.7. The minimum absolute atomic E-state index is 0.0904. The Morgan fingerprint density at radius 1 is 1.00 bits per heavy atom. The molecule has 0 bridgehead atoms. The van der Waals surface area contributed by atoms with E-state index in [0.29, 0.717) is 0 Å². The molecular formula is C13H14F3N3O4. The normalized spacial score (nSPS) is 10.7. The fourth-order valence-corrected chi connectivity index (χ4v) is 1.49. The van der Waals surface area contributed by atoms with Crippen molar-refractivity contribution in [3.05, 3.63) is 29.8 Å². The quantitative estimate of drug-likeness (QED) is 0.619. The van der Waals surface area contributed by atoms with Crippen LogP contribution in [0.4, 0.5) is 23.7 Å². The van der Waals surface area contributed by atoms with Crippen molar-refractivity contribution >= 4 is 23.6 Å². The summed E-state index contributed by atoms with van der Waals surface area (Å²) in [5.41, 5.74) is 3.29. The number of benzene rings is 1. The molecule has 0 aliphatic carbocycles. The Hall–Kier alpha value is -2.78. The second-order valence-electron chi connectivity index (χ2n) is 4.45. The molecule has 0 aliphatic heterocycles. The van der Waals surface area contributed by atoms with Gasteiger partial charge in [-0.2, -0.15) is 13.2 Å². The number of hydrogen-bond donors (Lipinski definition) is 4. The van der Waals surface area contributed by atoms with E-state index in [9.17, 15) is 27.6 Å². The van der Waals surface area contributed by atoms with Gasteiger partial charge in [-0.15, -0.1) is 0 Å². The van der Waals surface area contributed by atoms with Crippen molar-refractivity contribution in [3.63, 3.8) is 0 Å². The average Bonchev–Trinajstić information content (AvgIpc) is 2.44. The van der Waals surface area contributed by atoms with Crippen LogP contribution >= 0.6 is 0 Å². The molecule has 126 valence electrons. The van der Waals surface area contributed by atoms with E-state index in [2.05, 4.69) is 5.32 Å². The molecule has 0 aromatic heterocycles. The molecule has 1 aromatic rings. The second kappa shape index (κ2) is 8.01. The Balaban J connectivity index is 2.36. The highest BCUT2D eigenvalue weighted by Crippen LogP contribution is 2.29. The number of alkyl halides is 3. The number of amides is 3. The van der Waals surface area contributed by atoms with E-state index in [4.69, 9.17) is 5.11 Å². The summed E-state index contributed by atoms with van der Waals surface area (Å²) in [5.74, 6) is -1.63. The molecule has 1 rings (SSSR count). The molecule has 0 radical (unpaired) electrons. The maximum absolute atomic E-state index is 12.4. The lowest BCUT2D eigenvalue weighted by atomic mass is 10.2. The van der Waals surface area contributed by atoms with Crippen LogP contribution in [0.3, 0.4) is 0 Å². The van der Waals surface area contributed by atoms with Crippen LogP contribution < -0.4 is 16.2 Å². The summed E-state index contributed by atoms with van der Waals surface area (Å²) < 4.78 is 37.1. The lowest BCUT2D eigenvalue weighted by molar-refractivity contribution is -0.138. The van der Waals surface area contributed by atoms with Crippen LogP contribution in [0, 0.1) is 0 Å². The Kier molecular flexibility index (Phi) is 6.36. The largest absolute Gasteiger partial charge is 0.481 e. The lowest BCUT2D eigenvalue weighted by Crippen LogP contribution is -2.43. The summed E-state index contributed by atoms with van der Waals surface area (Å²) >= 11 is 0. The van der Waals surface area contributed by atoms with Crippen molar-refractivity contribution in [2.75, 3.05) is 5.32 Å². The van der Waals surface area contributed by atoms with Gasteiger partial charge in [0.2, 0.25) is 5.91 Å². The molecule has 0 unspecified atom stereocenters.